The number of carbonyl (C=O) groups is 1. The van der Waals surface area contributed by atoms with Crippen molar-refractivity contribution in [1.82, 2.24) is 0 Å². The van der Waals surface area contributed by atoms with E-state index in [-0.39, 0.29) is 10.5 Å². The zero-order valence-electron chi connectivity index (χ0n) is 6.23. The van der Waals surface area contributed by atoms with Crippen LogP contribution in [0, 0.1) is 5.41 Å². The van der Waals surface area contributed by atoms with Crippen LogP contribution in [0.3, 0.4) is 0 Å². The van der Waals surface area contributed by atoms with Gasteiger partial charge in [-0.15, -0.1) is 0 Å². The SMILES string of the molecule is CCCC(C)(C)C(=O)[S]. The van der Waals surface area contributed by atoms with Gasteiger partial charge in [0.05, 0.1) is 0 Å². The van der Waals surface area contributed by atoms with E-state index in [9.17, 15) is 4.79 Å². The van der Waals surface area contributed by atoms with Gasteiger partial charge in [-0.2, -0.15) is 0 Å². The molecule has 0 saturated heterocycles. The summed E-state index contributed by atoms with van der Waals surface area (Å²) in [6.45, 7) is 5.84. The second kappa shape index (κ2) is 3.16. The smallest absolute Gasteiger partial charge is 0.224 e. The molecule has 0 atom stereocenters. The molecule has 0 aliphatic heterocycles. The summed E-state index contributed by atoms with van der Waals surface area (Å²) in [5.41, 5.74) is -0.274. The molecule has 0 amide bonds. The highest BCUT2D eigenvalue weighted by Crippen LogP contribution is 2.24. The Bertz CT molecular complexity index is 107. The summed E-state index contributed by atoms with van der Waals surface area (Å²) in [5, 5.41) is -0.121. The van der Waals surface area contributed by atoms with Crippen LogP contribution < -0.4 is 0 Å². The molecule has 0 fully saturated rings. The predicted octanol–water partition coefficient (Wildman–Crippen LogP) is 2.54. The van der Waals surface area contributed by atoms with E-state index in [0.717, 1.165) is 12.8 Å². The van der Waals surface area contributed by atoms with Crippen molar-refractivity contribution in [3.8, 4) is 0 Å². The molecule has 53 valence electrons. The van der Waals surface area contributed by atoms with Crippen molar-refractivity contribution in [1.29, 1.82) is 0 Å². The highest BCUT2D eigenvalue weighted by atomic mass is 32.1. The number of rotatable bonds is 3. The van der Waals surface area contributed by atoms with E-state index < -0.39 is 0 Å². The van der Waals surface area contributed by atoms with Crippen molar-refractivity contribution in [2.24, 2.45) is 5.41 Å². The van der Waals surface area contributed by atoms with E-state index in [1.165, 1.54) is 0 Å². The average Bonchev–Trinajstić information content (AvgIpc) is 1.65. The Morgan fingerprint density at radius 1 is 1.56 bits per heavy atom. The standard InChI is InChI=1S/C7H13OS/c1-4-5-7(2,3)6(8)9/h4-5H2,1-3H3. The number of hydrogen-bond acceptors (Lipinski definition) is 1. The van der Waals surface area contributed by atoms with E-state index in [4.69, 9.17) is 0 Å². The van der Waals surface area contributed by atoms with Crippen LogP contribution >= 0.6 is 12.6 Å². The Labute approximate surface area is 62.2 Å². The summed E-state index contributed by atoms with van der Waals surface area (Å²) in [7, 11) is 0. The first-order chi connectivity index (χ1) is 4.00. The van der Waals surface area contributed by atoms with Gasteiger partial charge in [-0.1, -0.05) is 27.2 Å². The van der Waals surface area contributed by atoms with E-state index >= 15 is 0 Å². The molecule has 2 heteroatoms. The molecular weight excluding hydrogens is 132 g/mol. The van der Waals surface area contributed by atoms with Gasteiger partial charge in [0, 0.05) is 5.41 Å². The first-order valence-corrected chi connectivity index (χ1v) is 3.63. The number of hydrogen-bond donors (Lipinski definition) is 0. The van der Waals surface area contributed by atoms with Crippen LogP contribution in [0.25, 0.3) is 0 Å². The van der Waals surface area contributed by atoms with Gasteiger partial charge in [-0.3, -0.25) is 4.79 Å². The Kier molecular flexibility index (Phi) is 3.12. The van der Waals surface area contributed by atoms with Crippen LogP contribution in [0.2, 0.25) is 0 Å². The fourth-order valence-electron chi connectivity index (χ4n) is 0.727. The number of carbonyl (C=O) groups excluding carboxylic acids is 1. The van der Waals surface area contributed by atoms with Crippen molar-refractivity contribution in [2.45, 2.75) is 33.6 Å². The highest BCUT2D eigenvalue weighted by molar-refractivity contribution is 7.96. The third-order valence-corrected chi connectivity index (χ3v) is 1.98. The van der Waals surface area contributed by atoms with Crippen LogP contribution in [0.1, 0.15) is 33.6 Å². The lowest BCUT2D eigenvalue weighted by molar-refractivity contribution is -0.118. The van der Waals surface area contributed by atoms with Gasteiger partial charge in [0.15, 0.2) is 0 Å². The lowest BCUT2D eigenvalue weighted by Crippen LogP contribution is -2.18. The van der Waals surface area contributed by atoms with Crippen molar-refractivity contribution >= 4 is 17.7 Å². The second-order valence-electron chi connectivity index (χ2n) is 2.92. The Balaban J connectivity index is 3.85. The van der Waals surface area contributed by atoms with Gasteiger partial charge < -0.3 is 0 Å². The fourth-order valence-corrected chi connectivity index (χ4v) is 0.829. The van der Waals surface area contributed by atoms with E-state index in [0.29, 0.717) is 0 Å². The van der Waals surface area contributed by atoms with Crippen molar-refractivity contribution in [3.05, 3.63) is 0 Å². The zero-order chi connectivity index (χ0) is 7.49. The van der Waals surface area contributed by atoms with Crippen LogP contribution in [-0.4, -0.2) is 5.12 Å². The maximum absolute atomic E-state index is 10.7. The van der Waals surface area contributed by atoms with E-state index in [1.807, 2.05) is 13.8 Å². The van der Waals surface area contributed by atoms with E-state index in [2.05, 4.69) is 19.6 Å². The highest BCUT2D eigenvalue weighted by Gasteiger charge is 2.23. The molecule has 9 heavy (non-hydrogen) atoms. The molecular formula is C7H13OS. The molecule has 0 aliphatic rings. The fraction of sp³-hybridized carbons (Fsp3) is 0.857. The summed E-state index contributed by atoms with van der Waals surface area (Å²) in [6, 6.07) is 0. The largest absolute Gasteiger partial charge is 0.281 e. The quantitative estimate of drug-likeness (QED) is 0.596. The van der Waals surface area contributed by atoms with Gasteiger partial charge in [0.1, 0.15) is 0 Å². The van der Waals surface area contributed by atoms with Gasteiger partial charge in [-0.25, -0.2) is 0 Å². The maximum Gasteiger partial charge on any atom is 0.224 e. The van der Waals surface area contributed by atoms with Gasteiger partial charge in [0.25, 0.3) is 0 Å². The molecule has 0 bridgehead atoms. The van der Waals surface area contributed by atoms with Crippen molar-refractivity contribution in [2.75, 3.05) is 0 Å². The average molecular weight is 145 g/mol. The molecule has 0 unspecified atom stereocenters. The van der Waals surface area contributed by atoms with Gasteiger partial charge in [0.2, 0.25) is 5.12 Å². The normalized spacial score (nSPS) is 11.4. The summed E-state index contributed by atoms with van der Waals surface area (Å²) >= 11 is 4.54. The van der Waals surface area contributed by atoms with Crippen LogP contribution in [-0.2, 0) is 4.79 Å². The molecule has 0 rings (SSSR count). The first kappa shape index (κ1) is 8.89. The van der Waals surface area contributed by atoms with Crippen molar-refractivity contribution in [3.63, 3.8) is 0 Å². The van der Waals surface area contributed by atoms with E-state index in [1.54, 1.807) is 0 Å². The molecule has 0 saturated carbocycles. The molecule has 0 aliphatic carbocycles. The van der Waals surface area contributed by atoms with Gasteiger partial charge in [-0.05, 0) is 19.0 Å². The molecule has 0 spiro atoms. The lowest BCUT2D eigenvalue weighted by atomic mass is 9.90. The Morgan fingerprint density at radius 3 is 2.11 bits per heavy atom. The monoisotopic (exact) mass is 145 g/mol. The minimum absolute atomic E-state index is 0.121. The molecule has 1 nitrogen and oxygen atoms in total. The first-order valence-electron chi connectivity index (χ1n) is 3.22. The summed E-state index contributed by atoms with van der Waals surface area (Å²) in [4.78, 5) is 10.7. The minimum atomic E-state index is -0.274. The van der Waals surface area contributed by atoms with Crippen LogP contribution in [0.5, 0.6) is 0 Å². The Morgan fingerprint density at radius 2 is 2.00 bits per heavy atom. The molecule has 1 radical (unpaired) electrons. The van der Waals surface area contributed by atoms with Crippen LogP contribution in [0.4, 0.5) is 0 Å². The lowest BCUT2D eigenvalue weighted by Gasteiger charge is -2.17. The second-order valence-corrected chi connectivity index (χ2v) is 3.29. The molecule has 0 N–H and O–H groups in total. The summed E-state index contributed by atoms with van der Waals surface area (Å²) in [5.74, 6) is 0. The topological polar surface area (TPSA) is 17.1 Å². The predicted molar refractivity (Wildman–Crippen MR) is 41.3 cm³/mol. The molecule has 0 aromatic heterocycles. The van der Waals surface area contributed by atoms with Gasteiger partial charge >= 0.3 is 0 Å². The zero-order valence-corrected chi connectivity index (χ0v) is 7.05. The summed E-state index contributed by atoms with van der Waals surface area (Å²) in [6.07, 6.45) is 1.92. The minimum Gasteiger partial charge on any atom is -0.281 e. The maximum atomic E-state index is 10.7. The third-order valence-electron chi connectivity index (χ3n) is 1.43. The third kappa shape index (κ3) is 2.80. The molecule has 0 aromatic rings. The van der Waals surface area contributed by atoms with Crippen molar-refractivity contribution < 1.29 is 4.79 Å². The molecule has 0 heterocycles. The summed E-state index contributed by atoms with van der Waals surface area (Å²) < 4.78 is 0. The van der Waals surface area contributed by atoms with Crippen LogP contribution in [0.15, 0.2) is 0 Å². The molecule has 0 aromatic carbocycles. The Hall–Kier alpha value is -0.110.